The predicted octanol–water partition coefficient (Wildman–Crippen LogP) is 4.44. The lowest BCUT2D eigenvalue weighted by Gasteiger charge is -2.29. The molecule has 0 bridgehead atoms. The molecular weight excluding hydrogens is 435 g/mol. The van der Waals surface area contributed by atoms with Crippen LogP contribution in [0.4, 0.5) is 0 Å². The molecule has 1 fully saturated rings. The maximum absolute atomic E-state index is 12.4. The molecule has 0 atom stereocenters. The molecule has 0 aromatic heterocycles. The van der Waals surface area contributed by atoms with Crippen LogP contribution in [0.5, 0.6) is 11.5 Å². The van der Waals surface area contributed by atoms with E-state index in [-0.39, 0.29) is 27.7 Å². The monoisotopic (exact) mass is 450 g/mol. The summed E-state index contributed by atoms with van der Waals surface area (Å²) in [5.41, 5.74) is 0.290. The van der Waals surface area contributed by atoms with Crippen molar-refractivity contribution >= 4 is 47.2 Å². The summed E-state index contributed by atoms with van der Waals surface area (Å²) in [6.45, 7) is 2.91. The highest BCUT2D eigenvalue weighted by Gasteiger charge is 2.38. The van der Waals surface area contributed by atoms with Crippen molar-refractivity contribution in [3.05, 3.63) is 63.1 Å². The van der Waals surface area contributed by atoms with Crippen LogP contribution in [0, 0.1) is 0 Å². The first-order valence-electron chi connectivity index (χ1n) is 8.63. The number of halogens is 2. The number of hydrogen-bond acceptors (Lipinski definition) is 7. The van der Waals surface area contributed by atoms with Gasteiger partial charge in [0.05, 0.1) is 17.7 Å². The summed E-state index contributed by atoms with van der Waals surface area (Å²) in [4.78, 5) is 36.6. The van der Waals surface area contributed by atoms with Crippen molar-refractivity contribution in [3.63, 3.8) is 0 Å². The van der Waals surface area contributed by atoms with Crippen molar-refractivity contribution in [2.45, 2.75) is 19.6 Å². The van der Waals surface area contributed by atoms with Crippen LogP contribution in [-0.4, -0.2) is 30.8 Å². The third-order valence-electron chi connectivity index (χ3n) is 3.97. The van der Waals surface area contributed by atoms with Crippen LogP contribution in [0.25, 0.3) is 6.08 Å². The lowest BCUT2D eigenvalue weighted by atomic mass is 10.1. The maximum Gasteiger partial charge on any atom is 0.348 e. The molecule has 9 heteroatoms. The summed E-state index contributed by atoms with van der Waals surface area (Å²) in [5.74, 6) is -3.33. The first kappa shape index (κ1) is 21.7. The molecule has 0 unspecified atom stereocenters. The first-order valence-corrected chi connectivity index (χ1v) is 9.39. The SMILES string of the molecule is COc1cc(C=C2C(=O)OC(C)(C)OC2=O)ccc1OC(=O)c1ccc(Cl)cc1Cl. The Balaban J connectivity index is 1.86. The fourth-order valence-electron chi connectivity index (χ4n) is 2.61. The zero-order valence-electron chi connectivity index (χ0n) is 16.2. The average molecular weight is 451 g/mol. The summed E-state index contributed by atoms with van der Waals surface area (Å²) in [6.07, 6.45) is 1.30. The molecule has 0 aliphatic carbocycles. The van der Waals surface area contributed by atoms with Gasteiger partial charge in [0.1, 0.15) is 5.57 Å². The maximum atomic E-state index is 12.4. The highest BCUT2D eigenvalue weighted by atomic mass is 35.5. The molecule has 1 aliphatic rings. The lowest BCUT2D eigenvalue weighted by molar-refractivity contribution is -0.222. The van der Waals surface area contributed by atoms with Gasteiger partial charge in [-0.2, -0.15) is 0 Å². The van der Waals surface area contributed by atoms with E-state index >= 15 is 0 Å². The molecule has 0 spiro atoms. The number of ether oxygens (including phenoxy) is 4. The first-order chi connectivity index (χ1) is 14.1. The van der Waals surface area contributed by atoms with Gasteiger partial charge in [-0.1, -0.05) is 29.3 Å². The van der Waals surface area contributed by atoms with E-state index < -0.39 is 23.7 Å². The van der Waals surface area contributed by atoms with Crippen molar-refractivity contribution in [1.29, 1.82) is 0 Å². The largest absolute Gasteiger partial charge is 0.493 e. The third-order valence-corrected chi connectivity index (χ3v) is 4.52. The lowest BCUT2D eigenvalue weighted by Crippen LogP contribution is -2.41. The number of rotatable bonds is 4. The Labute approximate surface area is 182 Å². The van der Waals surface area contributed by atoms with E-state index in [0.29, 0.717) is 10.6 Å². The number of cyclic esters (lactones) is 2. The Morgan fingerprint density at radius 1 is 1.00 bits per heavy atom. The highest BCUT2D eigenvalue weighted by Crippen LogP contribution is 2.32. The standard InChI is InChI=1S/C21H16Cl2O7/c1-21(2)29-19(25)14(20(26)30-21)8-11-4-7-16(17(9-11)27-3)28-18(24)13-6-5-12(22)10-15(13)23/h4-10H,1-3H3. The van der Waals surface area contributed by atoms with Crippen LogP contribution in [0.3, 0.4) is 0 Å². The number of carbonyl (C=O) groups is 3. The topological polar surface area (TPSA) is 88.1 Å². The van der Waals surface area contributed by atoms with E-state index in [4.69, 9.17) is 42.1 Å². The minimum absolute atomic E-state index is 0.116. The smallest absolute Gasteiger partial charge is 0.348 e. The van der Waals surface area contributed by atoms with E-state index in [9.17, 15) is 14.4 Å². The van der Waals surface area contributed by atoms with Gasteiger partial charge in [0.25, 0.3) is 5.79 Å². The number of hydrogen-bond donors (Lipinski definition) is 0. The van der Waals surface area contributed by atoms with Crippen molar-refractivity contribution in [2.75, 3.05) is 7.11 Å². The number of methoxy groups -OCH3 is 1. The van der Waals surface area contributed by atoms with Gasteiger partial charge in [0, 0.05) is 18.9 Å². The second-order valence-corrected chi connectivity index (χ2v) is 7.50. The molecule has 0 N–H and O–H groups in total. The molecule has 2 aromatic rings. The zero-order valence-corrected chi connectivity index (χ0v) is 17.7. The van der Waals surface area contributed by atoms with Gasteiger partial charge in [0.15, 0.2) is 11.5 Å². The average Bonchev–Trinajstić information content (AvgIpc) is 2.64. The van der Waals surface area contributed by atoms with Crippen LogP contribution < -0.4 is 9.47 Å². The molecule has 1 heterocycles. The number of esters is 3. The fraction of sp³-hybridized carbons (Fsp3) is 0.190. The van der Waals surface area contributed by atoms with Crippen LogP contribution in [0.15, 0.2) is 42.0 Å². The molecule has 0 saturated carbocycles. The second kappa shape index (κ2) is 8.38. The molecule has 30 heavy (non-hydrogen) atoms. The molecule has 1 saturated heterocycles. The van der Waals surface area contributed by atoms with Gasteiger partial charge in [0.2, 0.25) is 0 Å². The summed E-state index contributed by atoms with van der Waals surface area (Å²) >= 11 is 11.9. The second-order valence-electron chi connectivity index (χ2n) is 6.66. The highest BCUT2D eigenvalue weighted by molar-refractivity contribution is 6.36. The Morgan fingerprint density at radius 3 is 2.27 bits per heavy atom. The number of carbonyl (C=O) groups excluding carboxylic acids is 3. The van der Waals surface area contributed by atoms with Crippen LogP contribution in [-0.2, 0) is 19.1 Å². The summed E-state index contributed by atoms with van der Waals surface area (Å²) in [7, 11) is 1.38. The van der Waals surface area contributed by atoms with Crippen LogP contribution in [0.1, 0.15) is 29.8 Å². The third kappa shape index (κ3) is 4.75. The van der Waals surface area contributed by atoms with Crippen molar-refractivity contribution in [2.24, 2.45) is 0 Å². The Kier molecular flexibility index (Phi) is 6.05. The van der Waals surface area contributed by atoms with Gasteiger partial charge in [-0.3, -0.25) is 0 Å². The van der Waals surface area contributed by atoms with E-state index in [1.54, 1.807) is 0 Å². The molecule has 3 rings (SSSR count). The summed E-state index contributed by atoms with van der Waals surface area (Å²) in [6, 6.07) is 8.85. The Hall–Kier alpha value is -3.03. The minimum Gasteiger partial charge on any atom is -0.493 e. The predicted molar refractivity (Wildman–Crippen MR) is 109 cm³/mol. The van der Waals surface area contributed by atoms with E-state index in [1.165, 1.54) is 63.4 Å². The van der Waals surface area contributed by atoms with Gasteiger partial charge in [-0.15, -0.1) is 0 Å². The van der Waals surface area contributed by atoms with Crippen molar-refractivity contribution in [1.82, 2.24) is 0 Å². The Morgan fingerprint density at radius 2 is 1.67 bits per heavy atom. The number of benzene rings is 2. The molecular formula is C21H16Cl2O7. The van der Waals surface area contributed by atoms with Crippen molar-refractivity contribution in [3.8, 4) is 11.5 Å². The molecule has 156 valence electrons. The molecule has 7 nitrogen and oxygen atoms in total. The normalized spacial score (nSPS) is 15.2. The van der Waals surface area contributed by atoms with Crippen LogP contribution in [0.2, 0.25) is 10.0 Å². The van der Waals surface area contributed by atoms with Gasteiger partial charge in [-0.25, -0.2) is 14.4 Å². The van der Waals surface area contributed by atoms with E-state index in [2.05, 4.69) is 0 Å². The van der Waals surface area contributed by atoms with E-state index in [0.717, 1.165) is 0 Å². The van der Waals surface area contributed by atoms with Crippen molar-refractivity contribution < 1.29 is 33.3 Å². The molecule has 1 aliphatic heterocycles. The molecule has 0 amide bonds. The molecule has 0 radical (unpaired) electrons. The minimum atomic E-state index is -1.33. The Bertz CT molecular complexity index is 1050. The van der Waals surface area contributed by atoms with Crippen LogP contribution >= 0.6 is 23.2 Å². The summed E-state index contributed by atoms with van der Waals surface area (Å²) < 4.78 is 20.7. The summed E-state index contributed by atoms with van der Waals surface area (Å²) in [5, 5.41) is 0.528. The quantitative estimate of drug-likeness (QED) is 0.294. The molecule has 2 aromatic carbocycles. The zero-order chi connectivity index (χ0) is 22.1. The van der Waals surface area contributed by atoms with E-state index in [1.807, 2.05) is 0 Å². The van der Waals surface area contributed by atoms with Gasteiger partial charge >= 0.3 is 17.9 Å². The fourth-order valence-corrected chi connectivity index (χ4v) is 3.10. The van der Waals surface area contributed by atoms with Gasteiger partial charge in [-0.05, 0) is 42.0 Å². The van der Waals surface area contributed by atoms with Gasteiger partial charge < -0.3 is 18.9 Å².